The second-order valence-corrected chi connectivity index (χ2v) is 18.5. The van der Waals surface area contributed by atoms with Crippen molar-refractivity contribution >= 4 is 64.2 Å². The van der Waals surface area contributed by atoms with E-state index in [1.807, 2.05) is 43.0 Å². The van der Waals surface area contributed by atoms with Crippen LogP contribution in [0.25, 0.3) is 0 Å². The molecular formula is C47H62ClN3O9S. The Hall–Kier alpha value is -3.91. The first-order valence-electron chi connectivity index (χ1n) is 22.0. The number of likely N-dealkylation sites (tertiary alicyclic amines) is 1. The number of carbonyl (C=O) groups excluding carboxylic acids is 7. The molecule has 3 aliphatic rings. The molecule has 2 aliphatic heterocycles. The standard InChI is InChI=1S/C47H62ClN3O9S/c1-31(2)44(47(58)51-22-18-33(19-23-51)32-14-16-36(48)17-15-32)50-46(57)35-9-5-8-34(28-35)45(56)49-21-27-60-26-20-38(53)12-7-25-59-24-6-11-37(52)10-3-4-13-42-43-39(30-61-42)40(54)29-41(43)55/h5,8-9,14-17,28,31,33,39,42-44H,3-4,6-7,10-13,18-27,29-30H2,1-2H3,(H,49,56)(H,50,57)/t39-,42+,43-,44-/m1/s1. The van der Waals surface area contributed by atoms with E-state index in [2.05, 4.69) is 10.6 Å². The first kappa shape index (κ1) is 48.1. The highest BCUT2D eigenvalue weighted by Crippen LogP contribution is 2.45. The fourth-order valence-corrected chi connectivity index (χ4v) is 10.3. The van der Waals surface area contributed by atoms with Gasteiger partial charge in [0.05, 0.1) is 19.6 Å². The number of ketones is 4. The maximum Gasteiger partial charge on any atom is 0.251 e. The van der Waals surface area contributed by atoms with Crippen LogP contribution in [0, 0.1) is 17.8 Å². The van der Waals surface area contributed by atoms with Gasteiger partial charge in [0.1, 0.15) is 29.2 Å². The minimum atomic E-state index is -0.705. The molecule has 2 heterocycles. The zero-order valence-corrected chi connectivity index (χ0v) is 37.2. The maximum absolute atomic E-state index is 13.6. The molecule has 0 radical (unpaired) electrons. The third-order valence-electron chi connectivity index (χ3n) is 12.0. The number of unbranched alkanes of at least 4 members (excludes halogenated alkanes) is 1. The summed E-state index contributed by atoms with van der Waals surface area (Å²) in [6, 6.07) is 13.5. The Kier molecular flexibility index (Phi) is 19.5. The van der Waals surface area contributed by atoms with Gasteiger partial charge in [-0.15, -0.1) is 0 Å². The molecule has 2 saturated heterocycles. The van der Waals surface area contributed by atoms with E-state index in [9.17, 15) is 33.6 Å². The van der Waals surface area contributed by atoms with Crippen molar-refractivity contribution in [3.8, 4) is 0 Å². The molecule has 0 bridgehead atoms. The summed E-state index contributed by atoms with van der Waals surface area (Å²) < 4.78 is 11.2. The van der Waals surface area contributed by atoms with Crippen LogP contribution in [0.2, 0.25) is 5.02 Å². The van der Waals surface area contributed by atoms with E-state index in [0.717, 1.165) is 37.9 Å². The van der Waals surface area contributed by atoms with Gasteiger partial charge in [-0.3, -0.25) is 33.6 Å². The highest BCUT2D eigenvalue weighted by molar-refractivity contribution is 8.00. The molecule has 1 saturated carbocycles. The Bertz CT molecular complexity index is 1830. The number of fused-ring (bicyclic) bond motifs is 1. The lowest BCUT2D eigenvalue weighted by Gasteiger charge is -2.35. The van der Waals surface area contributed by atoms with Crippen molar-refractivity contribution in [2.45, 2.75) is 108 Å². The van der Waals surface area contributed by atoms with E-state index in [0.29, 0.717) is 74.9 Å². The number of Topliss-reactive ketones (excluding diaryl/α,β-unsaturated/α-hetero) is 4. The van der Waals surface area contributed by atoms with Crippen LogP contribution in [-0.2, 0) is 33.4 Å². The van der Waals surface area contributed by atoms with Gasteiger partial charge in [0.15, 0.2) is 0 Å². The first-order chi connectivity index (χ1) is 29.4. The number of halogens is 1. The monoisotopic (exact) mass is 879 g/mol. The van der Waals surface area contributed by atoms with Crippen molar-refractivity contribution in [2.24, 2.45) is 17.8 Å². The van der Waals surface area contributed by atoms with Crippen molar-refractivity contribution in [3.05, 3.63) is 70.2 Å². The van der Waals surface area contributed by atoms with Gasteiger partial charge in [-0.05, 0) is 86.3 Å². The summed E-state index contributed by atoms with van der Waals surface area (Å²) in [5.74, 6) is 0.370. The van der Waals surface area contributed by atoms with E-state index >= 15 is 0 Å². The summed E-state index contributed by atoms with van der Waals surface area (Å²) in [5.41, 5.74) is 1.80. The van der Waals surface area contributed by atoms with Crippen molar-refractivity contribution in [3.63, 3.8) is 0 Å². The van der Waals surface area contributed by atoms with Crippen LogP contribution in [-0.4, -0.2) is 109 Å². The van der Waals surface area contributed by atoms with Gasteiger partial charge in [0.2, 0.25) is 5.91 Å². The van der Waals surface area contributed by atoms with Gasteiger partial charge in [0.25, 0.3) is 11.8 Å². The number of hydrogen-bond acceptors (Lipinski definition) is 10. The van der Waals surface area contributed by atoms with Crippen LogP contribution in [0.3, 0.4) is 0 Å². The molecule has 0 aromatic heterocycles. The maximum atomic E-state index is 13.6. The van der Waals surface area contributed by atoms with Gasteiger partial charge in [-0.25, -0.2) is 0 Å². The number of rotatable bonds is 25. The second kappa shape index (κ2) is 24.7. The van der Waals surface area contributed by atoms with E-state index in [1.165, 1.54) is 11.6 Å². The number of amides is 3. The van der Waals surface area contributed by atoms with Crippen molar-refractivity contribution in [1.29, 1.82) is 0 Å². The SMILES string of the molecule is CC(C)[C@@H](NC(=O)c1cccc(C(=O)NCCOCCC(=O)CCCOCCCC(=O)CCCC[C@@H]2SC[C@@H]3C(=O)CC(=O)[C@H]23)c1)C(=O)N1CCC(c2ccc(Cl)cc2)CC1. The van der Waals surface area contributed by atoms with Crippen LogP contribution in [0.15, 0.2) is 48.5 Å². The molecule has 2 aromatic rings. The highest BCUT2D eigenvalue weighted by Gasteiger charge is 2.49. The van der Waals surface area contributed by atoms with Crippen LogP contribution >= 0.6 is 23.4 Å². The highest BCUT2D eigenvalue weighted by atomic mass is 35.5. The predicted molar refractivity (Wildman–Crippen MR) is 236 cm³/mol. The van der Waals surface area contributed by atoms with E-state index in [-0.39, 0.29) is 96.1 Å². The topological polar surface area (TPSA) is 165 Å². The predicted octanol–water partition coefficient (Wildman–Crippen LogP) is 6.80. The molecule has 3 amide bonds. The summed E-state index contributed by atoms with van der Waals surface area (Å²) in [4.78, 5) is 90.2. The van der Waals surface area contributed by atoms with Crippen molar-refractivity contribution in [1.82, 2.24) is 15.5 Å². The number of nitrogens with one attached hydrogen (secondary N) is 2. The summed E-state index contributed by atoms with van der Waals surface area (Å²) in [6.07, 6.45) is 7.19. The minimum absolute atomic E-state index is 0.0634. The van der Waals surface area contributed by atoms with Crippen LogP contribution < -0.4 is 10.6 Å². The zero-order valence-electron chi connectivity index (χ0n) is 35.6. The average molecular weight is 881 g/mol. The molecule has 61 heavy (non-hydrogen) atoms. The van der Waals surface area contributed by atoms with Gasteiger partial charge in [-0.2, -0.15) is 11.8 Å². The number of thioether (sulfide) groups is 1. The number of ether oxygens (including phenoxy) is 2. The van der Waals surface area contributed by atoms with Gasteiger partial charge in [0, 0.05) is 97.5 Å². The Labute approximate surface area is 369 Å². The molecule has 14 heteroatoms. The molecule has 3 fully saturated rings. The molecule has 12 nitrogen and oxygen atoms in total. The normalized spacial score (nSPS) is 19.5. The molecule has 2 N–H and O–H groups in total. The molecule has 4 atom stereocenters. The number of carbonyl (C=O) groups is 7. The number of nitrogens with zero attached hydrogens (tertiary/aromatic N) is 1. The van der Waals surface area contributed by atoms with Crippen LogP contribution in [0.1, 0.15) is 123 Å². The molecule has 2 aromatic carbocycles. The molecule has 0 spiro atoms. The van der Waals surface area contributed by atoms with Crippen molar-refractivity contribution < 1.29 is 43.0 Å². The zero-order chi connectivity index (χ0) is 43.7. The quantitative estimate of drug-likeness (QED) is 0.0801. The average Bonchev–Trinajstić information content (AvgIpc) is 3.81. The number of hydrogen-bond donors (Lipinski definition) is 2. The van der Waals surface area contributed by atoms with E-state index in [1.54, 1.807) is 30.0 Å². The van der Waals surface area contributed by atoms with Crippen LogP contribution in [0.5, 0.6) is 0 Å². The fraction of sp³-hybridized carbons (Fsp3) is 0.596. The molecule has 1 aliphatic carbocycles. The fourth-order valence-electron chi connectivity index (χ4n) is 8.40. The molecular weight excluding hydrogens is 818 g/mol. The lowest BCUT2D eigenvalue weighted by atomic mass is 9.89. The summed E-state index contributed by atoms with van der Waals surface area (Å²) in [7, 11) is 0. The lowest BCUT2D eigenvalue weighted by molar-refractivity contribution is -0.135. The second-order valence-electron chi connectivity index (χ2n) is 16.8. The summed E-state index contributed by atoms with van der Waals surface area (Å²) in [6.45, 7) is 6.61. The number of benzene rings is 2. The largest absolute Gasteiger partial charge is 0.381 e. The third kappa shape index (κ3) is 14.9. The lowest BCUT2D eigenvalue weighted by Crippen LogP contribution is -2.52. The van der Waals surface area contributed by atoms with Crippen molar-refractivity contribution in [2.75, 3.05) is 51.8 Å². The minimum Gasteiger partial charge on any atom is -0.381 e. The number of piperidine rings is 1. The smallest absolute Gasteiger partial charge is 0.251 e. The summed E-state index contributed by atoms with van der Waals surface area (Å²) in [5, 5.41) is 6.61. The van der Waals surface area contributed by atoms with Gasteiger partial charge >= 0.3 is 0 Å². The van der Waals surface area contributed by atoms with E-state index < -0.39 is 11.9 Å². The molecule has 332 valence electrons. The Balaban J connectivity index is 0.867. The molecule has 5 rings (SSSR count). The third-order valence-corrected chi connectivity index (χ3v) is 13.7. The molecule has 0 unspecified atom stereocenters. The van der Waals surface area contributed by atoms with Gasteiger partial charge in [-0.1, -0.05) is 50.1 Å². The van der Waals surface area contributed by atoms with E-state index in [4.69, 9.17) is 21.1 Å². The Morgan fingerprint density at radius 1 is 0.787 bits per heavy atom. The van der Waals surface area contributed by atoms with Gasteiger partial charge < -0.3 is 25.0 Å². The Morgan fingerprint density at radius 3 is 2.11 bits per heavy atom. The first-order valence-corrected chi connectivity index (χ1v) is 23.4. The summed E-state index contributed by atoms with van der Waals surface area (Å²) >= 11 is 7.79. The Morgan fingerprint density at radius 2 is 1.43 bits per heavy atom. The van der Waals surface area contributed by atoms with Crippen LogP contribution in [0.4, 0.5) is 0 Å².